The van der Waals surface area contributed by atoms with E-state index in [1.165, 1.54) is 24.3 Å². The van der Waals surface area contributed by atoms with Gasteiger partial charge in [-0.2, -0.15) is 0 Å². The molecule has 0 radical (unpaired) electrons. The van der Waals surface area contributed by atoms with E-state index in [0.717, 1.165) is 35.3 Å². The number of carbonyl (C=O) groups excluding carboxylic acids is 1. The van der Waals surface area contributed by atoms with Gasteiger partial charge in [-0.15, -0.1) is 0 Å². The Hall–Kier alpha value is -2.34. The van der Waals surface area contributed by atoms with Gasteiger partial charge in [0.05, 0.1) is 13.7 Å². The zero-order valence-electron chi connectivity index (χ0n) is 13.9. The maximum atomic E-state index is 13.1. The number of rotatable bonds is 5. The molecule has 0 aliphatic carbocycles. The van der Waals surface area contributed by atoms with Gasteiger partial charge in [0.15, 0.2) is 11.0 Å². The molecule has 0 saturated carbocycles. The van der Waals surface area contributed by atoms with Crippen molar-refractivity contribution in [2.45, 2.75) is 6.42 Å². The van der Waals surface area contributed by atoms with Crippen molar-refractivity contribution in [1.29, 1.82) is 0 Å². The van der Waals surface area contributed by atoms with Crippen LogP contribution in [0.1, 0.15) is 16.8 Å². The number of thioether (sulfide) groups is 1. The predicted octanol–water partition coefficient (Wildman–Crippen LogP) is 4.02. The molecule has 3 rings (SSSR count). The summed E-state index contributed by atoms with van der Waals surface area (Å²) in [5.74, 6) is 1.31. The fraction of sp³-hybridized carbons (Fsp3) is 0.263. The lowest BCUT2D eigenvalue weighted by Crippen LogP contribution is -2.35. The van der Waals surface area contributed by atoms with Crippen LogP contribution in [-0.2, 0) is 0 Å². The first-order valence-electron chi connectivity index (χ1n) is 8.05. The zero-order chi connectivity index (χ0) is 17.6. The molecule has 0 unspecified atom stereocenters. The van der Waals surface area contributed by atoms with Crippen LogP contribution in [-0.4, -0.2) is 36.9 Å². The van der Waals surface area contributed by atoms with Gasteiger partial charge in [0.1, 0.15) is 11.6 Å². The van der Waals surface area contributed by atoms with Crippen LogP contribution < -0.4 is 9.64 Å². The molecule has 1 aliphatic heterocycles. The van der Waals surface area contributed by atoms with E-state index in [9.17, 15) is 9.18 Å². The predicted molar refractivity (Wildman–Crippen MR) is 100 cm³/mol. The van der Waals surface area contributed by atoms with Crippen molar-refractivity contribution in [3.63, 3.8) is 0 Å². The van der Waals surface area contributed by atoms with Crippen LogP contribution in [0.15, 0.2) is 53.5 Å². The molecule has 0 atom stereocenters. The maximum Gasteiger partial charge on any atom is 0.182 e. The molecule has 0 spiro atoms. The van der Waals surface area contributed by atoms with Gasteiger partial charge >= 0.3 is 0 Å². The Kier molecular flexibility index (Phi) is 5.71. The molecule has 0 saturated heterocycles. The number of aliphatic imine (C=N–C) groups is 1. The lowest BCUT2D eigenvalue weighted by Gasteiger charge is -2.27. The Morgan fingerprint density at radius 1 is 1.20 bits per heavy atom. The Morgan fingerprint density at radius 2 is 1.92 bits per heavy atom. The molecular formula is C19H19FN2O2S. The number of hydrogen-bond acceptors (Lipinski definition) is 5. The standard InChI is InChI=1S/C19H19FN2O2S/c1-24-17-9-7-16(8-10-17)22(19-21-11-2-12-25-19)13-18(23)14-3-5-15(20)6-4-14/h3-10H,2,11-13H2,1H3. The van der Waals surface area contributed by atoms with Crippen LogP contribution in [0.3, 0.4) is 0 Å². The van der Waals surface area contributed by atoms with Crippen molar-refractivity contribution in [3.8, 4) is 5.75 Å². The van der Waals surface area contributed by atoms with Crippen molar-refractivity contribution < 1.29 is 13.9 Å². The minimum absolute atomic E-state index is 0.0790. The Bertz CT molecular complexity index is 760. The zero-order valence-corrected chi connectivity index (χ0v) is 14.8. The number of hydrogen-bond donors (Lipinski definition) is 0. The molecule has 0 amide bonds. The summed E-state index contributed by atoms with van der Waals surface area (Å²) in [7, 11) is 1.62. The summed E-state index contributed by atoms with van der Waals surface area (Å²) < 4.78 is 18.3. The second kappa shape index (κ2) is 8.16. The van der Waals surface area contributed by atoms with Crippen LogP contribution in [0.2, 0.25) is 0 Å². The van der Waals surface area contributed by atoms with E-state index < -0.39 is 0 Å². The highest BCUT2D eigenvalue weighted by Crippen LogP contribution is 2.25. The number of ketones is 1. The molecule has 0 bridgehead atoms. The minimum Gasteiger partial charge on any atom is -0.497 e. The summed E-state index contributed by atoms with van der Waals surface area (Å²) in [4.78, 5) is 19.1. The van der Waals surface area contributed by atoms with Gasteiger partial charge in [0.25, 0.3) is 0 Å². The number of nitrogens with zero attached hydrogens (tertiary/aromatic N) is 2. The lowest BCUT2D eigenvalue weighted by atomic mass is 10.1. The molecule has 2 aromatic carbocycles. The van der Waals surface area contributed by atoms with Gasteiger partial charge in [0.2, 0.25) is 0 Å². The van der Waals surface area contributed by atoms with Crippen molar-refractivity contribution in [1.82, 2.24) is 0 Å². The van der Waals surface area contributed by atoms with Gasteiger partial charge in [-0.1, -0.05) is 11.8 Å². The second-order valence-electron chi connectivity index (χ2n) is 5.58. The normalized spacial score (nSPS) is 13.9. The van der Waals surface area contributed by atoms with Crippen molar-refractivity contribution in [2.75, 3.05) is 30.9 Å². The highest BCUT2D eigenvalue weighted by atomic mass is 32.2. The molecule has 1 heterocycles. The van der Waals surface area contributed by atoms with E-state index in [-0.39, 0.29) is 18.1 Å². The van der Waals surface area contributed by atoms with Gasteiger partial charge in [-0.05, 0) is 55.0 Å². The number of carbonyl (C=O) groups is 1. The van der Waals surface area contributed by atoms with Gasteiger partial charge in [-0.3, -0.25) is 9.79 Å². The SMILES string of the molecule is COc1ccc(N(CC(=O)c2ccc(F)cc2)C2=NCCCS2)cc1. The van der Waals surface area contributed by atoms with E-state index >= 15 is 0 Å². The van der Waals surface area contributed by atoms with Crippen molar-refractivity contribution in [3.05, 3.63) is 59.9 Å². The summed E-state index contributed by atoms with van der Waals surface area (Å²) in [6, 6.07) is 13.2. The van der Waals surface area contributed by atoms with Gasteiger partial charge < -0.3 is 9.64 Å². The van der Waals surface area contributed by atoms with E-state index in [1.54, 1.807) is 18.9 Å². The number of amidine groups is 1. The Labute approximate surface area is 150 Å². The smallest absolute Gasteiger partial charge is 0.182 e. The number of anilines is 1. The highest BCUT2D eigenvalue weighted by molar-refractivity contribution is 8.14. The lowest BCUT2D eigenvalue weighted by molar-refractivity contribution is 0.100. The average Bonchev–Trinajstić information content (AvgIpc) is 2.67. The van der Waals surface area contributed by atoms with Crippen LogP contribution >= 0.6 is 11.8 Å². The van der Waals surface area contributed by atoms with Gasteiger partial charge in [0, 0.05) is 23.5 Å². The van der Waals surface area contributed by atoms with Crippen LogP contribution in [0.25, 0.3) is 0 Å². The number of methoxy groups -OCH3 is 1. The molecule has 1 aliphatic rings. The van der Waals surface area contributed by atoms with Crippen LogP contribution in [0.4, 0.5) is 10.1 Å². The third kappa shape index (κ3) is 4.39. The summed E-state index contributed by atoms with van der Waals surface area (Å²) in [5.41, 5.74) is 1.37. The number of halogens is 1. The number of benzene rings is 2. The summed E-state index contributed by atoms with van der Waals surface area (Å²) in [5, 5.41) is 0.840. The first-order chi connectivity index (χ1) is 12.2. The summed E-state index contributed by atoms with van der Waals surface area (Å²) >= 11 is 1.65. The highest BCUT2D eigenvalue weighted by Gasteiger charge is 2.20. The van der Waals surface area contributed by atoms with E-state index in [2.05, 4.69) is 4.99 Å². The molecule has 6 heteroatoms. The second-order valence-corrected chi connectivity index (χ2v) is 6.64. The molecule has 0 N–H and O–H groups in total. The van der Waals surface area contributed by atoms with Crippen molar-refractivity contribution >= 4 is 28.4 Å². The maximum absolute atomic E-state index is 13.1. The monoisotopic (exact) mass is 358 g/mol. The Balaban J connectivity index is 1.86. The first-order valence-corrected chi connectivity index (χ1v) is 9.03. The molecule has 25 heavy (non-hydrogen) atoms. The summed E-state index contributed by atoms with van der Waals surface area (Å²) in [6.07, 6.45) is 1.04. The number of Topliss-reactive ketones (excluding diaryl/α,β-unsaturated/α-hetero) is 1. The molecule has 0 fully saturated rings. The largest absolute Gasteiger partial charge is 0.497 e. The Morgan fingerprint density at radius 3 is 2.52 bits per heavy atom. The fourth-order valence-corrected chi connectivity index (χ4v) is 3.48. The third-order valence-corrected chi connectivity index (χ3v) is 4.96. The average molecular weight is 358 g/mol. The quantitative estimate of drug-likeness (QED) is 0.757. The topological polar surface area (TPSA) is 41.9 Å². The van der Waals surface area contributed by atoms with Crippen LogP contribution in [0, 0.1) is 5.82 Å². The molecule has 0 aromatic heterocycles. The van der Waals surface area contributed by atoms with Gasteiger partial charge in [-0.25, -0.2) is 4.39 Å². The molecular weight excluding hydrogens is 339 g/mol. The molecule has 4 nitrogen and oxygen atoms in total. The summed E-state index contributed by atoms with van der Waals surface area (Å²) in [6.45, 7) is 0.920. The van der Waals surface area contributed by atoms with E-state index in [4.69, 9.17) is 4.74 Å². The van der Waals surface area contributed by atoms with Crippen molar-refractivity contribution in [2.24, 2.45) is 4.99 Å². The van der Waals surface area contributed by atoms with E-state index in [0.29, 0.717) is 5.56 Å². The number of ether oxygens (including phenoxy) is 1. The third-order valence-electron chi connectivity index (χ3n) is 3.86. The molecule has 2 aromatic rings. The van der Waals surface area contributed by atoms with E-state index in [1.807, 2.05) is 29.2 Å². The van der Waals surface area contributed by atoms with Crippen LogP contribution in [0.5, 0.6) is 5.75 Å². The molecule has 130 valence electrons. The fourth-order valence-electron chi connectivity index (χ4n) is 2.51. The minimum atomic E-state index is -0.351. The first kappa shape index (κ1) is 17.5.